The number of aromatic nitrogens is 2. The molecule has 7 heteroatoms. The smallest absolute Gasteiger partial charge is 0.318 e. The molecule has 1 aliphatic heterocycles. The van der Waals surface area contributed by atoms with E-state index in [2.05, 4.69) is 15.5 Å². The highest BCUT2D eigenvalue weighted by Gasteiger charge is 2.25. The summed E-state index contributed by atoms with van der Waals surface area (Å²) in [4.78, 5) is 14.7. The van der Waals surface area contributed by atoms with Crippen LogP contribution in [-0.4, -0.2) is 29.2 Å². The van der Waals surface area contributed by atoms with E-state index in [4.69, 9.17) is 4.42 Å². The number of carbonyl (C=O) groups is 1. The quantitative estimate of drug-likeness (QED) is 0.711. The fourth-order valence-electron chi connectivity index (χ4n) is 3.36. The predicted molar refractivity (Wildman–Crippen MR) is 102 cm³/mol. The lowest BCUT2D eigenvalue weighted by atomic mass is 10.1. The second kappa shape index (κ2) is 8.21. The van der Waals surface area contributed by atoms with E-state index < -0.39 is 6.04 Å². The van der Waals surface area contributed by atoms with Crippen LogP contribution in [0, 0.1) is 5.82 Å². The molecule has 144 valence electrons. The van der Waals surface area contributed by atoms with Crippen LogP contribution in [0.2, 0.25) is 0 Å². The molecule has 4 rings (SSSR count). The first-order valence-electron chi connectivity index (χ1n) is 9.36. The Labute approximate surface area is 162 Å². The molecule has 1 aliphatic rings. The summed E-state index contributed by atoms with van der Waals surface area (Å²) >= 11 is 0. The van der Waals surface area contributed by atoms with E-state index in [1.165, 1.54) is 12.1 Å². The highest BCUT2D eigenvalue weighted by atomic mass is 19.1. The van der Waals surface area contributed by atoms with Gasteiger partial charge >= 0.3 is 6.01 Å². The molecule has 1 N–H and O–H groups in total. The van der Waals surface area contributed by atoms with E-state index in [9.17, 15) is 9.18 Å². The number of halogens is 1. The summed E-state index contributed by atoms with van der Waals surface area (Å²) in [6.45, 7) is 1.78. The minimum absolute atomic E-state index is 0.0637. The topological polar surface area (TPSA) is 71.3 Å². The van der Waals surface area contributed by atoms with Crippen LogP contribution in [0.3, 0.4) is 0 Å². The Bertz CT molecular complexity index is 938. The maximum absolute atomic E-state index is 13.4. The molecule has 1 aromatic heterocycles. The molecule has 2 aromatic carbocycles. The first-order chi connectivity index (χ1) is 13.7. The van der Waals surface area contributed by atoms with Crippen molar-refractivity contribution in [2.75, 3.05) is 18.0 Å². The van der Waals surface area contributed by atoms with Gasteiger partial charge in [0.25, 0.3) is 0 Å². The Morgan fingerprint density at radius 1 is 1.11 bits per heavy atom. The van der Waals surface area contributed by atoms with Crippen molar-refractivity contribution in [1.29, 1.82) is 0 Å². The van der Waals surface area contributed by atoms with Crippen molar-refractivity contribution in [3.63, 3.8) is 0 Å². The molecule has 0 radical (unpaired) electrons. The number of benzene rings is 2. The van der Waals surface area contributed by atoms with Crippen LogP contribution in [0.25, 0.3) is 0 Å². The molecule has 1 atom stereocenters. The zero-order valence-electron chi connectivity index (χ0n) is 15.3. The number of hydrogen-bond donors (Lipinski definition) is 1. The number of nitrogens with one attached hydrogen (secondary N) is 1. The van der Waals surface area contributed by atoms with Crippen molar-refractivity contribution in [3.8, 4) is 0 Å². The summed E-state index contributed by atoms with van der Waals surface area (Å²) in [5.74, 6) is -0.280. The normalized spacial score (nSPS) is 14.8. The van der Waals surface area contributed by atoms with Gasteiger partial charge < -0.3 is 14.6 Å². The van der Waals surface area contributed by atoms with Crippen molar-refractivity contribution in [2.24, 2.45) is 0 Å². The Balaban J connectivity index is 1.55. The Hall–Kier alpha value is -3.22. The second-order valence-electron chi connectivity index (χ2n) is 6.83. The Kier molecular flexibility index (Phi) is 5.32. The first kappa shape index (κ1) is 18.2. The number of rotatable bonds is 6. The predicted octanol–water partition coefficient (Wildman–Crippen LogP) is 3.26. The Morgan fingerprint density at radius 3 is 2.64 bits per heavy atom. The molecule has 0 bridgehead atoms. The van der Waals surface area contributed by atoms with E-state index in [-0.39, 0.29) is 18.1 Å². The van der Waals surface area contributed by atoms with Crippen LogP contribution in [0.1, 0.15) is 35.9 Å². The monoisotopic (exact) mass is 380 g/mol. The zero-order valence-corrected chi connectivity index (χ0v) is 15.3. The highest BCUT2D eigenvalue weighted by Crippen LogP contribution is 2.25. The number of anilines is 1. The molecule has 3 aromatic rings. The summed E-state index contributed by atoms with van der Waals surface area (Å²) in [6, 6.07) is 15.4. The van der Waals surface area contributed by atoms with E-state index in [1.807, 2.05) is 35.2 Å². The van der Waals surface area contributed by atoms with Crippen molar-refractivity contribution >= 4 is 11.9 Å². The number of carbonyl (C=O) groups excluding carboxylic acids is 1. The maximum Gasteiger partial charge on any atom is 0.318 e. The molecule has 0 saturated carbocycles. The summed E-state index contributed by atoms with van der Waals surface area (Å²) in [7, 11) is 0. The average molecular weight is 380 g/mol. The molecule has 0 aliphatic carbocycles. The number of hydrogen-bond acceptors (Lipinski definition) is 5. The number of nitrogens with zero attached hydrogens (tertiary/aromatic N) is 3. The van der Waals surface area contributed by atoms with E-state index >= 15 is 0 Å². The second-order valence-corrected chi connectivity index (χ2v) is 6.83. The Morgan fingerprint density at radius 2 is 1.89 bits per heavy atom. The summed E-state index contributed by atoms with van der Waals surface area (Å²) in [6.07, 6.45) is 2.27. The maximum atomic E-state index is 13.4. The van der Waals surface area contributed by atoms with Gasteiger partial charge in [0.2, 0.25) is 11.8 Å². The van der Waals surface area contributed by atoms with E-state index in [1.54, 1.807) is 12.1 Å². The van der Waals surface area contributed by atoms with Gasteiger partial charge in [-0.05, 0) is 36.1 Å². The third-order valence-electron chi connectivity index (χ3n) is 4.75. The molecule has 6 nitrogen and oxygen atoms in total. The summed E-state index contributed by atoms with van der Waals surface area (Å²) < 4.78 is 19.3. The fourth-order valence-corrected chi connectivity index (χ4v) is 3.36. The molecular weight excluding hydrogens is 359 g/mol. The standard InChI is InChI=1S/C21H21FN4O2/c22-17-10-6-7-15(13-17)14-18(27)23-19(16-8-2-1-3-9-16)20-24-25-21(28-20)26-11-4-5-12-26/h1-3,6-10,13,19H,4-5,11-12,14H2,(H,23,27)/t19-/m1/s1. The van der Waals surface area contributed by atoms with Gasteiger partial charge in [0, 0.05) is 13.1 Å². The van der Waals surface area contributed by atoms with Gasteiger partial charge in [-0.25, -0.2) is 4.39 Å². The van der Waals surface area contributed by atoms with Gasteiger partial charge in [0.15, 0.2) is 0 Å². The van der Waals surface area contributed by atoms with Crippen LogP contribution in [-0.2, 0) is 11.2 Å². The summed E-state index contributed by atoms with van der Waals surface area (Å²) in [5.41, 5.74) is 1.44. The van der Waals surface area contributed by atoms with Crippen molar-refractivity contribution in [1.82, 2.24) is 15.5 Å². The first-order valence-corrected chi connectivity index (χ1v) is 9.36. The van der Waals surface area contributed by atoms with Crippen LogP contribution >= 0.6 is 0 Å². The van der Waals surface area contributed by atoms with Gasteiger partial charge in [0.05, 0.1) is 6.42 Å². The molecule has 1 amide bonds. The molecule has 1 fully saturated rings. The number of amides is 1. The molecule has 28 heavy (non-hydrogen) atoms. The third kappa shape index (κ3) is 4.19. The van der Waals surface area contributed by atoms with Crippen molar-refractivity contribution in [3.05, 3.63) is 77.4 Å². The van der Waals surface area contributed by atoms with Crippen LogP contribution < -0.4 is 10.2 Å². The minimum Gasteiger partial charge on any atom is -0.405 e. The fraction of sp³-hybridized carbons (Fsp3) is 0.286. The van der Waals surface area contributed by atoms with Gasteiger partial charge in [-0.2, -0.15) is 0 Å². The zero-order chi connectivity index (χ0) is 19.3. The SMILES string of the molecule is O=C(Cc1cccc(F)c1)N[C@H](c1ccccc1)c1nnc(N2CCCC2)o1. The molecular formula is C21H21FN4O2. The van der Waals surface area contributed by atoms with Crippen molar-refractivity contribution < 1.29 is 13.6 Å². The molecule has 1 saturated heterocycles. The van der Waals surface area contributed by atoms with Crippen molar-refractivity contribution in [2.45, 2.75) is 25.3 Å². The van der Waals surface area contributed by atoms with Gasteiger partial charge in [-0.3, -0.25) is 4.79 Å². The lowest BCUT2D eigenvalue weighted by molar-refractivity contribution is -0.121. The molecule has 0 unspecified atom stereocenters. The molecule has 0 spiro atoms. The van der Waals surface area contributed by atoms with Crippen LogP contribution in [0.15, 0.2) is 59.0 Å². The van der Waals surface area contributed by atoms with Gasteiger partial charge in [-0.1, -0.05) is 47.6 Å². The molecule has 2 heterocycles. The lowest BCUT2D eigenvalue weighted by Crippen LogP contribution is -2.30. The highest BCUT2D eigenvalue weighted by molar-refractivity contribution is 5.79. The van der Waals surface area contributed by atoms with Crippen LogP contribution in [0.4, 0.5) is 10.4 Å². The minimum atomic E-state index is -0.564. The van der Waals surface area contributed by atoms with Gasteiger partial charge in [-0.15, -0.1) is 5.10 Å². The lowest BCUT2D eigenvalue weighted by Gasteiger charge is -2.16. The third-order valence-corrected chi connectivity index (χ3v) is 4.75. The van der Waals surface area contributed by atoms with E-state index in [0.29, 0.717) is 17.5 Å². The van der Waals surface area contributed by atoms with Gasteiger partial charge in [0.1, 0.15) is 11.9 Å². The van der Waals surface area contributed by atoms with Crippen LogP contribution in [0.5, 0.6) is 0 Å². The average Bonchev–Trinajstić information content (AvgIpc) is 3.38. The largest absolute Gasteiger partial charge is 0.405 e. The summed E-state index contributed by atoms with van der Waals surface area (Å²) in [5, 5.41) is 11.3. The van der Waals surface area contributed by atoms with E-state index in [0.717, 1.165) is 31.5 Å².